The number of aromatic carboxylic acids is 1. The molecule has 0 atom stereocenters. The molecule has 35 heavy (non-hydrogen) atoms. The topological polar surface area (TPSA) is 84.7 Å². The Labute approximate surface area is 197 Å². The molecule has 4 aromatic rings. The van der Waals surface area contributed by atoms with Gasteiger partial charge in [0, 0.05) is 10.8 Å². The minimum absolute atomic E-state index is 0.0733. The Balaban J connectivity index is 1.67. The van der Waals surface area contributed by atoms with Gasteiger partial charge in [-0.25, -0.2) is 9.48 Å². The third-order valence-electron chi connectivity index (χ3n) is 6.01. The van der Waals surface area contributed by atoms with E-state index in [1.54, 1.807) is 48.4 Å². The van der Waals surface area contributed by atoms with Crippen LogP contribution in [0.5, 0.6) is 5.75 Å². The Morgan fingerprint density at radius 1 is 1.09 bits per heavy atom. The van der Waals surface area contributed by atoms with Crippen molar-refractivity contribution in [2.45, 2.75) is 19.1 Å². The van der Waals surface area contributed by atoms with Crippen LogP contribution in [-0.4, -0.2) is 33.9 Å². The largest absolute Gasteiger partial charge is 0.497 e. The maximum Gasteiger partial charge on any atom is 0.434 e. The Morgan fingerprint density at radius 2 is 1.83 bits per heavy atom. The molecule has 0 saturated carbocycles. The first kappa shape index (κ1) is 22.5. The lowest BCUT2D eigenvalue weighted by molar-refractivity contribution is -0.143. The van der Waals surface area contributed by atoms with E-state index in [2.05, 4.69) is 5.10 Å². The Morgan fingerprint density at radius 3 is 2.49 bits per heavy atom. The molecule has 0 aliphatic carbocycles. The summed E-state index contributed by atoms with van der Waals surface area (Å²) in [6, 6.07) is 15.3. The van der Waals surface area contributed by atoms with Crippen LogP contribution in [0.4, 0.5) is 18.9 Å². The lowest BCUT2D eigenvalue weighted by atomic mass is 9.94. The van der Waals surface area contributed by atoms with Gasteiger partial charge < -0.3 is 14.7 Å². The first-order valence-electron chi connectivity index (χ1n) is 10.6. The average Bonchev–Trinajstić information content (AvgIpc) is 3.28. The number of carbonyl (C=O) groups excluding carboxylic acids is 1. The summed E-state index contributed by atoms with van der Waals surface area (Å²) in [4.78, 5) is 26.0. The number of carboxylic acids is 1. The van der Waals surface area contributed by atoms with Crippen LogP contribution >= 0.6 is 0 Å². The van der Waals surface area contributed by atoms with Gasteiger partial charge in [0.25, 0.3) is 0 Å². The fraction of sp³-hybridized carbons (Fsp3) is 0.160. The van der Waals surface area contributed by atoms with E-state index in [0.29, 0.717) is 38.7 Å². The minimum atomic E-state index is -4.94. The maximum atomic E-state index is 13.8. The summed E-state index contributed by atoms with van der Waals surface area (Å²) < 4.78 is 47.3. The second-order valence-corrected chi connectivity index (χ2v) is 8.07. The van der Waals surface area contributed by atoms with E-state index in [1.807, 2.05) is 12.1 Å². The Kier molecular flexibility index (Phi) is 5.23. The molecule has 0 fully saturated rings. The quantitative estimate of drug-likeness (QED) is 0.441. The van der Waals surface area contributed by atoms with Crippen molar-refractivity contribution >= 4 is 28.3 Å². The number of alkyl halides is 3. The molecule has 3 aromatic carbocycles. The van der Waals surface area contributed by atoms with Crippen LogP contribution in [0, 0.1) is 0 Å². The number of hydrogen-bond acceptors (Lipinski definition) is 4. The van der Waals surface area contributed by atoms with Crippen molar-refractivity contribution in [3.63, 3.8) is 0 Å². The van der Waals surface area contributed by atoms with Gasteiger partial charge in [0.05, 0.1) is 37.6 Å². The molecular weight excluding hydrogens is 463 g/mol. The van der Waals surface area contributed by atoms with Crippen molar-refractivity contribution in [3.8, 4) is 11.4 Å². The lowest BCUT2D eigenvalue weighted by Crippen LogP contribution is -2.34. The lowest BCUT2D eigenvalue weighted by Gasteiger charge is -2.30. The molecule has 1 aliphatic rings. The second-order valence-electron chi connectivity index (χ2n) is 8.07. The summed E-state index contributed by atoms with van der Waals surface area (Å²) in [5, 5.41) is 14.1. The summed E-state index contributed by atoms with van der Waals surface area (Å²) in [5.41, 5.74) is -0.139. The summed E-state index contributed by atoms with van der Waals surface area (Å²) >= 11 is 0. The van der Waals surface area contributed by atoms with E-state index >= 15 is 0 Å². The van der Waals surface area contributed by atoms with Gasteiger partial charge in [-0.3, -0.25) is 4.79 Å². The molecule has 1 aromatic heterocycles. The molecule has 0 unspecified atom stereocenters. The number of methoxy groups -OCH3 is 1. The number of nitrogens with zero attached hydrogens (tertiary/aromatic N) is 3. The van der Waals surface area contributed by atoms with Crippen LogP contribution in [0.15, 0.2) is 60.8 Å². The van der Waals surface area contributed by atoms with Crippen molar-refractivity contribution in [3.05, 3.63) is 83.2 Å². The molecular formula is C25H18F3N3O4. The van der Waals surface area contributed by atoms with Crippen molar-refractivity contribution < 1.29 is 32.6 Å². The van der Waals surface area contributed by atoms with Gasteiger partial charge in [0.2, 0.25) is 5.91 Å². The zero-order chi connectivity index (χ0) is 24.9. The maximum absolute atomic E-state index is 13.8. The molecule has 0 spiro atoms. The fourth-order valence-corrected chi connectivity index (χ4v) is 4.44. The Bertz CT molecular complexity index is 1480. The standard InChI is InChI=1S/C25H18F3N3O4/c1-35-16-8-5-14(6-9-16)13-30-20-4-2-3-17-19(10-7-15(22(17)20)11-21(30)32)31-23(25(26,27)28)18(12-29-31)24(33)34/h2-10,12H,11,13H2,1H3,(H,33,34). The van der Waals surface area contributed by atoms with Crippen LogP contribution in [0.2, 0.25) is 0 Å². The summed E-state index contributed by atoms with van der Waals surface area (Å²) in [7, 11) is 1.56. The van der Waals surface area contributed by atoms with E-state index in [-0.39, 0.29) is 24.6 Å². The SMILES string of the molecule is COc1ccc(CN2C(=O)Cc3ccc(-n4ncc(C(=O)O)c4C(F)(F)F)c4cccc2c34)cc1. The van der Waals surface area contributed by atoms with E-state index < -0.39 is 23.4 Å². The molecule has 7 nitrogen and oxygen atoms in total. The van der Waals surface area contributed by atoms with Crippen molar-refractivity contribution in [2.75, 3.05) is 12.0 Å². The molecule has 0 bridgehead atoms. The first-order chi connectivity index (χ1) is 16.7. The predicted octanol–water partition coefficient (Wildman–Crippen LogP) is 4.84. The summed E-state index contributed by atoms with van der Waals surface area (Å²) in [6.45, 7) is 0.268. The summed E-state index contributed by atoms with van der Waals surface area (Å²) in [5.74, 6) is -1.18. The molecule has 0 radical (unpaired) electrons. The number of hydrogen-bond donors (Lipinski definition) is 1. The average molecular weight is 481 g/mol. The van der Waals surface area contributed by atoms with Crippen LogP contribution < -0.4 is 9.64 Å². The number of carboxylic acid groups (broad SMARTS) is 1. The van der Waals surface area contributed by atoms with Gasteiger partial charge in [-0.1, -0.05) is 30.3 Å². The van der Waals surface area contributed by atoms with E-state index in [9.17, 15) is 27.9 Å². The van der Waals surface area contributed by atoms with Gasteiger partial charge in [-0.2, -0.15) is 18.3 Å². The number of benzene rings is 3. The van der Waals surface area contributed by atoms with Crippen molar-refractivity contribution in [1.82, 2.24) is 9.78 Å². The number of anilines is 1. The first-order valence-corrected chi connectivity index (χ1v) is 10.6. The molecule has 178 valence electrons. The number of ether oxygens (including phenoxy) is 1. The van der Waals surface area contributed by atoms with Gasteiger partial charge >= 0.3 is 12.1 Å². The predicted molar refractivity (Wildman–Crippen MR) is 121 cm³/mol. The normalized spacial score (nSPS) is 13.4. The van der Waals surface area contributed by atoms with Crippen LogP contribution in [0.3, 0.4) is 0 Å². The zero-order valence-corrected chi connectivity index (χ0v) is 18.3. The zero-order valence-electron chi connectivity index (χ0n) is 18.3. The van der Waals surface area contributed by atoms with E-state index in [4.69, 9.17) is 4.74 Å². The third-order valence-corrected chi connectivity index (χ3v) is 6.01. The van der Waals surface area contributed by atoms with Crippen LogP contribution in [0.1, 0.15) is 27.2 Å². The Hall–Kier alpha value is -4.34. The second kappa shape index (κ2) is 8.15. The molecule has 1 aliphatic heterocycles. The molecule has 0 saturated heterocycles. The molecule has 1 N–H and O–H groups in total. The van der Waals surface area contributed by atoms with Gasteiger partial charge in [0.1, 0.15) is 11.3 Å². The highest BCUT2D eigenvalue weighted by Crippen LogP contribution is 2.40. The molecule has 5 rings (SSSR count). The summed E-state index contributed by atoms with van der Waals surface area (Å²) in [6.07, 6.45) is -4.17. The minimum Gasteiger partial charge on any atom is -0.497 e. The molecule has 2 heterocycles. The van der Waals surface area contributed by atoms with Crippen LogP contribution in [0.25, 0.3) is 16.5 Å². The number of amides is 1. The highest BCUT2D eigenvalue weighted by molar-refractivity contribution is 6.12. The highest BCUT2D eigenvalue weighted by Gasteiger charge is 2.41. The van der Waals surface area contributed by atoms with Gasteiger partial charge in [0.15, 0.2) is 5.69 Å². The van der Waals surface area contributed by atoms with Crippen molar-refractivity contribution in [2.24, 2.45) is 0 Å². The monoisotopic (exact) mass is 481 g/mol. The van der Waals surface area contributed by atoms with E-state index in [1.165, 1.54) is 6.07 Å². The van der Waals surface area contributed by atoms with E-state index in [0.717, 1.165) is 5.56 Å². The van der Waals surface area contributed by atoms with Gasteiger partial charge in [-0.05, 0) is 35.4 Å². The molecule has 1 amide bonds. The third kappa shape index (κ3) is 3.76. The van der Waals surface area contributed by atoms with Crippen LogP contribution in [-0.2, 0) is 23.9 Å². The van der Waals surface area contributed by atoms with Crippen molar-refractivity contribution in [1.29, 1.82) is 0 Å². The highest BCUT2D eigenvalue weighted by atomic mass is 19.4. The molecule has 10 heteroatoms. The number of halogens is 3. The number of carbonyl (C=O) groups is 2. The number of rotatable bonds is 5. The smallest absolute Gasteiger partial charge is 0.434 e. The fourth-order valence-electron chi connectivity index (χ4n) is 4.44. The van der Waals surface area contributed by atoms with Gasteiger partial charge in [-0.15, -0.1) is 0 Å². The number of aromatic nitrogens is 2.